The molecule has 0 spiro atoms. The van der Waals surface area contributed by atoms with E-state index in [1.807, 2.05) is 35.6 Å². The fraction of sp³-hybridized carbons (Fsp3) is 0.385. The van der Waals surface area contributed by atoms with Crippen molar-refractivity contribution in [3.8, 4) is 11.1 Å². The van der Waals surface area contributed by atoms with Crippen molar-refractivity contribution in [3.63, 3.8) is 0 Å². The number of aromatic nitrogens is 3. The van der Waals surface area contributed by atoms with E-state index in [1.54, 1.807) is 6.20 Å². The second-order valence-corrected chi connectivity index (χ2v) is 8.31. The van der Waals surface area contributed by atoms with E-state index in [2.05, 4.69) is 58.0 Å². The van der Waals surface area contributed by atoms with Gasteiger partial charge in [0, 0.05) is 75.1 Å². The van der Waals surface area contributed by atoms with Crippen molar-refractivity contribution in [1.82, 2.24) is 24.8 Å². The minimum atomic E-state index is -0.0916. The summed E-state index contributed by atoms with van der Waals surface area (Å²) >= 11 is 0. The highest BCUT2D eigenvalue weighted by Crippen LogP contribution is 2.27. The van der Waals surface area contributed by atoms with E-state index in [-0.39, 0.29) is 11.8 Å². The molecule has 166 valence electrons. The smallest absolute Gasteiger partial charge is 0.227 e. The minimum Gasteiger partial charge on any atom is -0.341 e. The van der Waals surface area contributed by atoms with Gasteiger partial charge in [-0.2, -0.15) is 0 Å². The lowest BCUT2D eigenvalue weighted by Crippen LogP contribution is -2.37. The highest BCUT2D eigenvalue weighted by Gasteiger charge is 2.30. The molecular weight excluding hydrogens is 398 g/mol. The molecule has 0 aliphatic carbocycles. The maximum absolute atomic E-state index is 13.4. The molecule has 32 heavy (non-hydrogen) atoms. The first-order valence-corrected chi connectivity index (χ1v) is 11.5. The molecule has 1 aromatic carbocycles. The summed E-state index contributed by atoms with van der Waals surface area (Å²) in [7, 11) is 0. The lowest BCUT2D eigenvalue weighted by atomic mass is 9.91. The molecule has 0 radical (unpaired) electrons. The van der Waals surface area contributed by atoms with E-state index in [0.717, 1.165) is 61.7 Å². The zero-order chi connectivity index (χ0) is 22.3. The number of amides is 1. The Kier molecular flexibility index (Phi) is 7.22. The molecule has 2 aromatic heterocycles. The van der Waals surface area contributed by atoms with E-state index >= 15 is 0 Å². The van der Waals surface area contributed by atoms with Crippen LogP contribution < -0.4 is 0 Å². The van der Waals surface area contributed by atoms with E-state index in [4.69, 9.17) is 0 Å². The number of hydrogen-bond donors (Lipinski definition) is 0. The fourth-order valence-electron chi connectivity index (χ4n) is 4.39. The Bertz CT molecular complexity index is 1020. The second-order valence-electron chi connectivity index (χ2n) is 8.31. The molecule has 1 atom stereocenters. The van der Waals surface area contributed by atoms with E-state index < -0.39 is 0 Å². The molecular formula is C26H31N5O. The second kappa shape index (κ2) is 10.5. The van der Waals surface area contributed by atoms with E-state index in [9.17, 15) is 4.79 Å². The van der Waals surface area contributed by atoms with Gasteiger partial charge in [0.15, 0.2) is 0 Å². The Hall–Kier alpha value is -3.12. The van der Waals surface area contributed by atoms with Gasteiger partial charge in [-0.1, -0.05) is 37.3 Å². The topological polar surface area (TPSA) is 62.2 Å². The van der Waals surface area contributed by atoms with Gasteiger partial charge < -0.3 is 4.90 Å². The lowest BCUT2D eigenvalue weighted by Gasteiger charge is -2.24. The molecule has 0 bridgehead atoms. The molecule has 3 heterocycles. The SMILES string of the molecule is CCc1ncc(CN2CCN(CC)C(=O)[C@H](Cc3ccccc3-c3cccnc3)C2)cn1. The van der Waals surface area contributed by atoms with E-state index in [0.29, 0.717) is 6.42 Å². The number of hydrogen-bond acceptors (Lipinski definition) is 5. The van der Waals surface area contributed by atoms with Crippen molar-refractivity contribution in [2.45, 2.75) is 33.2 Å². The minimum absolute atomic E-state index is 0.0916. The van der Waals surface area contributed by atoms with Crippen molar-refractivity contribution >= 4 is 5.91 Å². The molecule has 6 nitrogen and oxygen atoms in total. The predicted octanol–water partition coefficient (Wildman–Crippen LogP) is 3.62. The van der Waals surface area contributed by atoms with Crippen LogP contribution in [-0.2, 0) is 24.2 Å². The number of pyridine rings is 1. The molecule has 4 rings (SSSR count). The van der Waals surface area contributed by atoms with Crippen LogP contribution in [0.2, 0.25) is 0 Å². The van der Waals surface area contributed by atoms with Crippen molar-refractivity contribution in [3.05, 3.63) is 78.1 Å². The van der Waals surface area contributed by atoms with Gasteiger partial charge in [0.1, 0.15) is 5.82 Å². The molecule has 3 aromatic rings. The van der Waals surface area contributed by atoms with Gasteiger partial charge in [-0.05, 0) is 30.5 Å². The largest absolute Gasteiger partial charge is 0.341 e. The summed E-state index contributed by atoms with van der Waals surface area (Å²) in [5, 5.41) is 0. The van der Waals surface area contributed by atoms with Crippen LogP contribution in [0.15, 0.2) is 61.2 Å². The summed E-state index contributed by atoms with van der Waals surface area (Å²) in [6, 6.07) is 12.4. The summed E-state index contributed by atoms with van der Waals surface area (Å²) in [6.07, 6.45) is 9.06. The van der Waals surface area contributed by atoms with Crippen molar-refractivity contribution in [2.24, 2.45) is 5.92 Å². The van der Waals surface area contributed by atoms with Crippen molar-refractivity contribution in [2.75, 3.05) is 26.2 Å². The number of benzene rings is 1. The van der Waals surface area contributed by atoms with Gasteiger partial charge in [-0.15, -0.1) is 0 Å². The highest BCUT2D eigenvalue weighted by atomic mass is 16.2. The highest BCUT2D eigenvalue weighted by molar-refractivity contribution is 5.80. The normalized spacial score (nSPS) is 17.4. The van der Waals surface area contributed by atoms with Crippen LogP contribution in [0.4, 0.5) is 0 Å². The number of likely N-dealkylation sites (N-methyl/N-ethyl adjacent to an activating group) is 1. The maximum Gasteiger partial charge on any atom is 0.227 e. The fourth-order valence-corrected chi connectivity index (χ4v) is 4.39. The van der Waals surface area contributed by atoms with Crippen LogP contribution in [-0.4, -0.2) is 56.8 Å². The molecule has 1 aliphatic heterocycles. The van der Waals surface area contributed by atoms with Crippen LogP contribution in [0.5, 0.6) is 0 Å². The first-order valence-electron chi connectivity index (χ1n) is 11.5. The van der Waals surface area contributed by atoms with E-state index in [1.165, 1.54) is 5.56 Å². The van der Waals surface area contributed by atoms with Gasteiger partial charge in [-0.3, -0.25) is 14.7 Å². The zero-order valence-corrected chi connectivity index (χ0v) is 18.9. The van der Waals surface area contributed by atoms with Crippen LogP contribution in [0.1, 0.15) is 30.8 Å². The number of rotatable bonds is 7. The summed E-state index contributed by atoms with van der Waals surface area (Å²) in [6.45, 7) is 7.96. The third-order valence-electron chi connectivity index (χ3n) is 6.14. The molecule has 0 unspecified atom stereocenters. The summed E-state index contributed by atoms with van der Waals surface area (Å²) in [4.78, 5) is 30.9. The Morgan fingerprint density at radius 2 is 1.81 bits per heavy atom. The summed E-state index contributed by atoms with van der Waals surface area (Å²) in [5.41, 5.74) is 4.51. The zero-order valence-electron chi connectivity index (χ0n) is 18.9. The number of aryl methyl sites for hydroxylation is 1. The number of carbonyl (C=O) groups excluding carboxylic acids is 1. The Balaban J connectivity index is 1.56. The first-order chi connectivity index (χ1) is 15.7. The monoisotopic (exact) mass is 429 g/mol. The van der Waals surface area contributed by atoms with Gasteiger partial charge >= 0.3 is 0 Å². The van der Waals surface area contributed by atoms with Crippen molar-refractivity contribution in [1.29, 1.82) is 0 Å². The van der Waals surface area contributed by atoms with Gasteiger partial charge in [0.25, 0.3) is 0 Å². The van der Waals surface area contributed by atoms with Crippen LogP contribution >= 0.6 is 0 Å². The molecule has 0 saturated carbocycles. The molecule has 1 aliphatic rings. The molecule has 0 N–H and O–H groups in total. The van der Waals surface area contributed by atoms with Crippen LogP contribution in [0.3, 0.4) is 0 Å². The average molecular weight is 430 g/mol. The van der Waals surface area contributed by atoms with Crippen LogP contribution in [0, 0.1) is 5.92 Å². The molecule has 6 heteroatoms. The summed E-state index contributed by atoms with van der Waals surface area (Å²) in [5.74, 6) is 1.02. The quantitative estimate of drug-likeness (QED) is 0.574. The Labute approximate surface area is 190 Å². The lowest BCUT2D eigenvalue weighted by molar-refractivity contribution is -0.134. The maximum atomic E-state index is 13.4. The third kappa shape index (κ3) is 5.19. The molecule has 1 amide bonds. The van der Waals surface area contributed by atoms with Crippen LogP contribution in [0.25, 0.3) is 11.1 Å². The average Bonchev–Trinajstić information content (AvgIpc) is 2.99. The third-order valence-corrected chi connectivity index (χ3v) is 6.14. The number of nitrogens with zero attached hydrogens (tertiary/aromatic N) is 5. The van der Waals surface area contributed by atoms with Gasteiger partial charge in [0.2, 0.25) is 5.91 Å². The van der Waals surface area contributed by atoms with Crippen molar-refractivity contribution < 1.29 is 4.79 Å². The predicted molar refractivity (Wildman–Crippen MR) is 126 cm³/mol. The summed E-state index contributed by atoms with van der Waals surface area (Å²) < 4.78 is 0. The molecule has 1 saturated heterocycles. The van der Waals surface area contributed by atoms with Gasteiger partial charge in [-0.25, -0.2) is 9.97 Å². The van der Waals surface area contributed by atoms with Gasteiger partial charge in [0.05, 0.1) is 5.92 Å². The Morgan fingerprint density at radius 3 is 2.53 bits per heavy atom. The Morgan fingerprint density at radius 1 is 1.00 bits per heavy atom. The first kappa shape index (κ1) is 22.1. The molecule has 1 fully saturated rings. The standard InChI is InChI=1S/C26H31N5O/c1-3-25-28-15-20(16-29-25)18-30-12-13-31(4-2)26(32)23(19-30)14-21-8-5-6-10-24(21)22-9-7-11-27-17-22/h5-11,15-17,23H,3-4,12-14,18-19H2,1-2H3/t23-/m1/s1. The number of carbonyl (C=O) groups is 1.